The highest BCUT2D eigenvalue weighted by Gasteiger charge is 2.24. The summed E-state index contributed by atoms with van der Waals surface area (Å²) in [5, 5.41) is 0. The summed E-state index contributed by atoms with van der Waals surface area (Å²) in [6.45, 7) is 2.34. The molecule has 20 heavy (non-hydrogen) atoms. The van der Waals surface area contributed by atoms with Crippen LogP contribution in [-0.4, -0.2) is 29.7 Å². The van der Waals surface area contributed by atoms with Crippen LogP contribution < -0.4 is 10.6 Å². The molecule has 0 spiro atoms. The Labute approximate surface area is 118 Å². The van der Waals surface area contributed by atoms with Crippen LogP contribution >= 0.6 is 0 Å². The van der Waals surface area contributed by atoms with E-state index in [0.29, 0.717) is 12.6 Å². The van der Waals surface area contributed by atoms with E-state index in [4.69, 9.17) is 10.5 Å². The van der Waals surface area contributed by atoms with Crippen molar-refractivity contribution in [2.75, 3.05) is 30.4 Å². The summed E-state index contributed by atoms with van der Waals surface area (Å²) in [6.07, 6.45) is 2.68. The topological polar surface area (TPSA) is 64.3 Å². The molecule has 3 rings (SSSR count). The molecular formula is C15H18N4O. The van der Waals surface area contributed by atoms with Crippen molar-refractivity contribution in [2.24, 2.45) is 0 Å². The first kappa shape index (κ1) is 12.9. The summed E-state index contributed by atoms with van der Waals surface area (Å²) >= 11 is 0. The molecule has 1 fully saturated rings. The minimum Gasteiger partial charge on any atom is -0.379 e. The van der Waals surface area contributed by atoms with Crippen LogP contribution in [0.25, 0.3) is 0 Å². The van der Waals surface area contributed by atoms with Crippen LogP contribution in [0.15, 0.2) is 42.6 Å². The van der Waals surface area contributed by atoms with Gasteiger partial charge in [-0.1, -0.05) is 30.3 Å². The Hall–Kier alpha value is -2.14. The number of aromatic nitrogens is 2. The van der Waals surface area contributed by atoms with Gasteiger partial charge in [0.1, 0.15) is 5.82 Å². The molecule has 0 unspecified atom stereocenters. The molecule has 0 amide bonds. The first-order valence-electron chi connectivity index (χ1n) is 6.82. The smallest absolute Gasteiger partial charge is 0.221 e. The van der Waals surface area contributed by atoms with Gasteiger partial charge in [0.15, 0.2) is 0 Å². The van der Waals surface area contributed by atoms with Gasteiger partial charge in [0.05, 0.1) is 12.6 Å². The summed E-state index contributed by atoms with van der Waals surface area (Å²) in [5.74, 6) is 1.16. The van der Waals surface area contributed by atoms with Crippen molar-refractivity contribution < 1.29 is 4.74 Å². The van der Waals surface area contributed by atoms with E-state index < -0.39 is 0 Å². The lowest BCUT2D eigenvalue weighted by Gasteiger charge is -2.30. The van der Waals surface area contributed by atoms with E-state index in [1.54, 1.807) is 6.20 Å². The number of hydrogen-bond acceptors (Lipinski definition) is 5. The van der Waals surface area contributed by atoms with Crippen LogP contribution in [0.3, 0.4) is 0 Å². The molecule has 1 aromatic carbocycles. The largest absolute Gasteiger partial charge is 0.379 e. The van der Waals surface area contributed by atoms with Gasteiger partial charge in [-0.15, -0.1) is 0 Å². The number of benzene rings is 1. The van der Waals surface area contributed by atoms with Gasteiger partial charge in [0.25, 0.3) is 0 Å². The highest BCUT2D eigenvalue weighted by Crippen LogP contribution is 2.28. The average Bonchev–Trinajstić information content (AvgIpc) is 2.74. The number of rotatable bonds is 2. The second-order valence-electron chi connectivity index (χ2n) is 4.82. The van der Waals surface area contributed by atoms with Gasteiger partial charge in [-0.05, 0) is 18.1 Å². The van der Waals surface area contributed by atoms with Gasteiger partial charge in [0, 0.05) is 19.3 Å². The first-order chi connectivity index (χ1) is 9.84. The molecule has 1 atom stereocenters. The average molecular weight is 270 g/mol. The lowest BCUT2D eigenvalue weighted by Crippen LogP contribution is -2.31. The molecule has 1 aliphatic rings. The van der Waals surface area contributed by atoms with Crippen LogP contribution in [-0.2, 0) is 4.74 Å². The van der Waals surface area contributed by atoms with E-state index in [1.807, 2.05) is 24.3 Å². The molecule has 5 heteroatoms. The van der Waals surface area contributed by atoms with Crippen LogP contribution in [0.4, 0.5) is 11.8 Å². The van der Waals surface area contributed by atoms with Gasteiger partial charge >= 0.3 is 0 Å². The van der Waals surface area contributed by atoms with Gasteiger partial charge in [-0.25, -0.2) is 4.98 Å². The Balaban J connectivity index is 1.96. The Bertz CT molecular complexity index is 561. The van der Waals surface area contributed by atoms with Crippen LogP contribution in [0.1, 0.15) is 18.0 Å². The molecule has 2 heterocycles. The molecule has 0 bridgehead atoms. The van der Waals surface area contributed by atoms with Gasteiger partial charge < -0.3 is 15.4 Å². The third kappa shape index (κ3) is 2.72. The standard InChI is InChI=1S/C15H18N4O/c16-15-17-8-7-14(18-15)19-9-4-10-20-11-13(19)12-5-2-1-3-6-12/h1-3,5-8,13H,4,9-11H2,(H2,16,17,18)/t13-/m1/s1. The molecule has 2 N–H and O–H groups in total. The lowest BCUT2D eigenvalue weighted by atomic mass is 10.1. The molecule has 0 aliphatic carbocycles. The number of ether oxygens (including phenoxy) is 1. The van der Waals surface area contributed by atoms with E-state index in [-0.39, 0.29) is 6.04 Å². The highest BCUT2D eigenvalue weighted by molar-refractivity contribution is 5.44. The predicted molar refractivity (Wildman–Crippen MR) is 78.4 cm³/mol. The van der Waals surface area contributed by atoms with Crippen molar-refractivity contribution in [3.05, 3.63) is 48.2 Å². The molecule has 1 aromatic heterocycles. The quantitative estimate of drug-likeness (QED) is 0.904. The van der Waals surface area contributed by atoms with Gasteiger partial charge in [0.2, 0.25) is 5.95 Å². The summed E-state index contributed by atoms with van der Waals surface area (Å²) in [6, 6.07) is 12.4. The van der Waals surface area contributed by atoms with Crippen molar-refractivity contribution >= 4 is 11.8 Å². The van der Waals surface area contributed by atoms with E-state index in [2.05, 4.69) is 27.0 Å². The minimum atomic E-state index is 0.160. The molecule has 1 saturated heterocycles. The fraction of sp³-hybridized carbons (Fsp3) is 0.333. The first-order valence-corrected chi connectivity index (χ1v) is 6.82. The maximum absolute atomic E-state index is 5.73. The molecule has 104 valence electrons. The zero-order valence-corrected chi connectivity index (χ0v) is 11.3. The summed E-state index contributed by atoms with van der Waals surface area (Å²) in [7, 11) is 0. The highest BCUT2D eigenvalue weighted by atomic mass is 16.5. The van der Waals surface area contributed by atoms with Crippen LogP contribution in [0.2, 0.25) is 0 Å². The molecule has 1 aliphatic heterocycles. The lowest BCUT2D eigenvalue weighted by molar-refractivity contribution is 0.134. The minimum absolute atomic E-state index is 0.160. The number of hydrogen-bond donors (Lipinski definition) is 1. The molecule has 2 aromatic rings. The van der Waals surface area contributed by atoms with Crippen molar-refractivity contribution in [2.45, 2.75) is 12.5 Å². The van der Waals surface area contributed by atoms with E-state index in [9.17, 15) is 0 Å². The van der Waals surface area contributed by atoms with E-state index >= 15 is 0 Å². The normalized spacial score (nSPS) is 19.6. The van der Waals surface area contributed by atoms with Crippen molar-refractivity contribution in [1.29, 1.82) is 0 Å². The number of nitrogens with zero attached hydrogens (tertiary/aromatic N) is 3. The molecular weight excluding hydrogens is 252 g/mol. The maximum Gasteiger partial charge on any atom is 0.221 e. The van der Waals surface area contributed by atoms with E-state index in [1.165, 1.54) is 5.56 Å². The van der Waals surface area contributed by atoms with Crippen LogP contribution in [0.5, 0.6) is 0 Å². The maximum atomic E-state index is 5.73. The SMILES string of the molecule is Nc1nccc(N2CCCOC[C@@H]2c2ccccc2)n1. The Morgan fingerprint density at radius 2 is 2.05 bits per heavy atom. The third-order valence-electron chi connectivity index (χ3n) is 3.48. The number of nitrogens with two attached hydrogens (primary N) is 1. The van der Waals surface area contributed by atoms with Crippen molar-refractivity contribution in [1.82, 2.24) is 9.97 Å². The fourth-order valence-electron chi connectivity index (χ4n) is 2.53. The summed E-state index contributed by atoms with van der Waals surface area (Å²) in [4.78, 5) is 10.6. The van der Waals surface area contributed by atoms with Crippen molar-refractivity contribution in [3.63, 3.8) is 0 Å². The Kier molecular flexibility index (Phi) is 3.78. The fourth-order valence-corrected chi connectivity index (χ4v) is 2.53. The van der Waals surface area contributed by atoms with Crippen LogP contribution in [0, 0.1) is 0 Å². The zero-order chi connectivity index (χ0) is 13.8. The summed E-state index contributed by atoms with van der Waals surface area (Å²) < 4.78 is 5.73. The third-order valence-corrected chi connectivity index (χ3v) is 3.48. The predicted octanol–water partition coefficient (Wildman–Crippen LogP) is 2.03. The van der Waals surface area contributed by atoms with Gasteiger partial charge in [-0.3, -0.25) is 0 Å². The number of nitrogen functional groups attached to an aromatic ring is 1. The summed E-state index contributed by atoms with van der Waals surface area (Å²) in [5.41, 5.74) is 6.94. The van der Waals surface area contributed by atoms with E-state index in [0.717, 1.165) is 25.4 Å². The Morgan fingerprint density at radius 3 is 2.85 bits per heavy atom. The monoisotopic (exact) mass is 270 g/mol. The van der Waals surface area contributed by atoms with Gasteiger partial charge in [-0.2, -0.15) is 4.98 Å². The number of anilines is 2. The second-order valence-corrected chi connectivity index (χ2v) is 4.82. The molecule has 5 nitrogen and oxygen atoms in total. The zero-order valence-electron chi connectivity index (χ0n) is 11.3. The Morgan fingerprint density at radius 1 is 1.20 bits per heavy atom. The molecule has 0 saturated carbocycles. The molecule has 0 radical (unpaired) electrons. The second kappa shape index (κ2) is 5.88. The van der Waals surface area contributed by atoms with Crippen molar-refractivity contribution in [3.8, 4) is 0 Å².